The molecule has 0 spiro atoms. The van der Waals surface area contributed by atoms with Crippen LogP contribution in [-0.4, -0.2) is 35.5 Å². The van der Waals surface area contributed by atoms with Crippen molar-refractivity contribution in [2.75, 3.05) is 11.6 Å². The van der Waals surface area contributed by atoms with E-state index in [1.165, 1.54) is 12.1 Å². The Labute approximate surface area is 137 Å². The SMILES string of the molecule is CC(C)Nc1c(C#N)c(C(F)F)nn1-c1ccc(S(C)(=O)=O)cn1. The fourth-order valence-corrected chi connectivity index (χ4v) is 2.55. The maximum absolute atomic E-state index is 13.1. The van der Waals surface area contributed by atoms with Gasteiger partial charge in [-0.2, -0.15) is 15.0 Å². The van der Waals surface area contributed by atoms with Gasteiger partial charge in [0.1, 0.15) is 23.1 Å². The van der Waals surface area contributed by atoms with Crippen molar-refractivity contribution in [1.82, 2.24) is 14.8 Å². The van der Waals surface area contributed by atoms with E-state index in [4.69, 9.17) is 0 Å². The first kappa shape index (κ1) is 17.8. The molecule has 0 saturated carbocycles. The van der Waals surface area contributed by atoms with Gasteiger partial charge >= 0.3 is 0 Å². The molecule has 0 unspecified atom stereocenters. The molecule has 2 aromatic heterocycles. The summed E-state index contributed by atoms with van der Waals surface area (Å²) < 4.78 is 50.3. The third kappa shape index (κ3) is 3.51. The summed E-state index contributed by atoms with van der Waals surface area (Å²) in [5.41, 5.74) is -0.928. The molecule has 10 heteroatoms. The standard InChI is InChI=1S/C14H15F2N5O2S/c1-8(2)19-14-10(6-17)12(13(15)16)20-21(14)11-5-4-9(7-18-11)24(3,22)23/h4-5,7-8,13,19H,1-3H3. The van der Waals surface area contributed by atoms with Gasteiger partial charge in [-0.3, -0.25) is 0 Å². The van der Waals surface area contributed by atoms with Crippen LogP contribution in [0.3, 0.4) is 0 Å². The maximum atomic E-state index is 13.1. The highest BCUT2D eigenvalue weighted by Crippen LogP contribution is 2.29. The highest BCUT2D eigenvalue weighted by molar-refractivity contribution is 7.90. The minimum Gasteiger partial charge on any atom is -0.367 e. The minimum atomic E-state index is -3.43. The zero-order valence-electron chi connectivity index (χ0n) is 13.2. The number of anilines is 1. The average Bonchev–Trinajstić information content (AvgIpc) is 2.84. The van der Waals surface area contributed by atoms with Gasteiger partial charge in [-0.25, -0.2) is 22.2 Å². The summed E-state index contributed by atoms with van der Waals surface area (Å²) in [4.78, 5) is 3.95. The molecule has 2 aromatic rings. The molecule has 0 aliphatic rings. The Morgan fingerprint density at radius 1 is 1.33 bits per heavy atom. The van der Waals surface area contributed by atoms with E-state index in [1.54, 1.807) is 19.9 Å². The van der Waals surface area contributed by atoms with Gasteiger partial charge in [0.05, 0.1) is 4.90 Å². The van der Waals surface area contributed by atoms with Gasteiger partial charge in [-0.05, 0) is 26.0 Å². The lowest BCUT2D eigenvalue weighted by atomic mass is 10.2. The summed E-state index contributed by atoms with van der Waals surface area (Å²) in [5, 5.41) is 15.9. The molecule has 0 aliphatic heterocycles. The summed E-state index contributed by atoms with van der Waals surface area (Å²) in [5.74, 6) is 0.205. The first-order valence-electron chi connectivity index (χ1n) is 6.89. The van der Waals surface area contributed by atoms with Crippen molar-refractivity contribution in [3.05, 3.63) is 29.6 Å². The lowest BCUT2D eigenvalue weighted by molar-refractivity contribution is 0.145. The Kier molecular flexibility index (Phi) is 4.84. The number of hydrogen-bond donors (Lipinski definition) is 1. The molecule has 0 bridgehead atoms. The molecular formula is C14H15F2N5O2S. The molecule has 0 saturated heterocycles. The van der Waals surface area contributed by atoms with Gasteiger partial charge in [0.2, 0.25) is 0 Å². The Bertz CT molecular complexity index is 883. The van der Waals surface area contributed by atoms with E-state index in [2.05, 4.69) is 15.4 Å². The van der Waals surface area contributed by atoms with Crippen LogP contribution in [0.5, 0.6) is 0 Å². The number of pyridine rings is 1. The van der Waals surface area contributed by atoms with Crippen LogP contribution in [-0.2, 0) is 9.84 Å². The first-order chi connectivity index (χ1) is 11.1. The molecule has 0 aromatic carbocycles. The van der Waals surface area contributed by atoms with Crippen LogP contribution < -0.4 is 5.32 Å². The van der Waals surface area contributed by atoms with Crippen molar-refractivity contribution in [1.29, 1.82) is 5.26 Å². The van der Waals surface area contributed by atoms with E-state index >= 15 is 0 Å². The van der Waals surface area contributed by atoms with Gasteiger partial charge in [0, 0.05) is 18.5 Å². The number of sulfone groups is 1. The van der Waals surface area contributed by atoms with Crippen molar-refractivity contribution < 1.29 is 17.2 Å². The van der Waals surface area contributed by atoms with Crippen LogP contribution in [0.15, 0.2) is 23.2 Å². The number of rotatable bonds is 5. The van der Waals surface area contributed by atoms with Crippen LogP contribution >= 0.6 is 0 Å². The number of hydrogen-bond acceptors (Lipinski definition) is 6. The molecule has 0 aliphatic carbocycles. The van der Waals surface area contributed by atoms with Crippen molar-refractivity contribution in [3.63, 3.8) is 0 Å². The zero-order chi connectivity index (χ0) is 18.1. The summed E-state index contributed by atoms with van der Waals surface area (Å²) >= 11 is 0. The lowest BCUT2D eigenvalue weighted by Gasteiger charge is -2.12. The van der Waals surface area contributed by atoms with Crippen LogP contribution in [0.25, 0.3) is 5.82 Å². The van der Waals surface area contributed by atoms with Gasteiger partial charge < -0.3 is 5.32 Å². The highest BCUT2D eigenvalue weighted by Gasteiger charge is 2.26. The summed E-state index contributed by atoms with van der Waals surface area (Å²) in [6, 6.07) is 4.22. The predicted molar refractivity (Wildman–Crippen MR) is 82.9 cm³/mol. The van der Waals surface area contributed by atoms with E-state index in [9.17, 15) is 22.5 Å². The molecule has 1 N–H and O–H groups in total. The molecule has 2 heterocycles. The number of alkyl halides is 2. The Morgan fingerprint density at radius 3 is 2.42 bits per heavy atom. The predicted octanol–water partition coefficient (Wildman–Crippen LogP) is 2.30. The van der Waals surface area contributed by atoms with Crippen LogP contribution in [0.2, 0.25) is 0 Å². The molecular weight excluding hydrogens is 340 g/mol. The summed E-state index contributed by atoms with van der Waals surface area (Å²) in [6.45, 7) is 3.56. The third-order valence-electron chi connectivity index (χ3n) is 3.02. The largest absolute Gasteiger partial charge is 0.367 e. The molecule has 0 fully saturated rings. The number of nitrogens with one attached hydrogen (secondary N) is 1. The second-order valence-corrected chi connectivity index (χ2v) is 7.37. The second kappa shape index (κ2) is 6.52. The smallest absolute Gasteiger partial charge is 0.283 e. The molecule has 24 heavy (non-hydrogen) atoms. The normalized spacial score (nSPS) is 11.8. The Morgan fingerprint density at radius 2 is 2.00 bits per heavy atom. The third-order valence-corrected chi connectivity index (χ3v) is 4.12. The highest BCUT2D eigenvalue weighted by atomic mass is 32.2. The molecule has 128 valence electrons. The molecule has 2 rings (SSSR count). The summed E-state index contributed by atoms with van der Waals surface area (Å²) in [7, 11) is -3.43. The van der Waals surface area contributed by atoms with Crippen LogP contribution in [0.4, 0.5) is 14.6 Å². The number of nitriles is 1. The lowest BCUT2D eigenvalue weighted by Crippen LogP contribution is -2.15. The molecule has 0 amide bonds. The van der Waals surface area contributed by atoms with E-state index < -0.39 is 22.0 Å². The number of aromatic nitrogens is 3. The van der Waals surface area contributed by atoms with Crippen LogP contribution in [0, 0.1) is 11.3 Å². The number of halogens is 2. The van der Waals surface area contributed by atoms with E-state index in [-0.39, 0.29) is 28.1 Å². The fraction of sp³-hybridized carbons (Fsp3) is 0.357. The van der Waals surface area contributed by atoms with Crippen molar-refractivity contribution in [2.45, 2.75) is 31.2 Å². The van der Waals surface area contributed by atoms with Crippen molar-refractivity contribution >= 4 is 15.7 Å². The fourth-order valence-electron chi connectivity index (χ4n) is 1.99. The second-order valence-electron chi connectivity index (χ2n) is 5.36. The van der Waals surface area contributed by atoms with Gasteiger partial charge in [-0.15, -0.1) is 0 Å². The minimum absolute atomic E-state index is 0.00800. The van der Waals surface area contributed by atoms with E-state index in [0.717, 1.165) is 17.1 Å². The van der Waals surface area contributed by atoms with Crippen molar-refractivity contribution in [2.24, 2.45) is 0 Å². The molecule has 0 atom stereocenters. The number of nitrogens with zero attached hydrogens (tertiary/aromatic N) is 4. The van der Waals surface area contributed by atoms with Crippen LogP contribution in [0.1, 0.15) is 31.5 Å². The zero-order valence-corrected chi connectivity index (χ0v) is 14.0. The average molecular weight is 355 g/mol. The van der Waals surface area contributed by atoms with E-state index in [1.807, 2.05) is 0 Å². The Hall–Kier alpha value is -2.54. The quantitative estimate of drug-likeness (QED) is 0.883. The first-order valence-corrected chi connectivity index (χ1v) is 8.78. The van der Waals surface area contributed by atoms with Gasteiger partial charge in [-0.1, -0.05) is 0 Å². The van der Waals surface area contributed by atoms with E-state index in [0.29, 0.717) is 0 Å². The van der Waals surface area contributed by atoms with Crippen molar-refractivity contribution in [3.8, 4) is 11.9 Å². The maximum Gasteiger partial charge on any atom is 0.283 e. The topological polar surface area (TPSA) is 101 Å². The monoisotopic (exact) mass is 355 g/mol. The summed E-state index contributed by atoms with van der Waals surface area (Å²) in [6.07, 6.45) is -0.782. The van der Waals surface area contributed by atoms with Gasteiger partial charge in [0.25, 0.3) is 6.43 Å². The molecule has 0 radical (unpaired) electrons. The Balaban J connectivity index is 2.63. The van der Waals surface area contributed by atoms with Gasteiger partial charge in [0.15, 0.2) is 15.7 Å². The molecule has 7 nitrogen and oxygen atoms in total.